The van der Waals surface area contributed by atoms with Crippen LogP contribution in [0.2, 0.25) is 0 Å². The maximum absolute atomic E-state index is 12.7. The SMILES string of the molecule is CC(=O)N1CCC[C@H]1C.Cc1ccc(NC=O)cc1-c1ncc(F)cn1.[HH]. The Kier molecular flexibility index (Phi) is 6.77. The smallest absolute Gasteiger partial charge is 0.219 e. The summed E-state index contributed by atoms with van der Waals surface area (Å²) in [7, 11) is 0. The van der Waals surface area contributed by atoms with Crippen molar-refractivity contribution in [3.8, 4) is 11.4 Å². The summed E-state index contributed by atoms with van der Waals surface area (Å²) in [5, 5.41) is 2.55. The lowest BCUT2D eigenvalue weighted by molar-refractivity contribution is -0.129. The average molecular weight is 360 g/mol. The maximum atomic E-state index is 12.7. The van der Waals surface area contributed by atoms with Gasteiger partial charge in [0.2, 0.25) is 12.3 Å². The second kappa shape index (κ2) is 9.03. The highest BCUT2D eigenvalue weighted by molar-refractivity contribution is 5.75. The summed E-state index contributed by atoms with van der Waals surface area (Å²) < 4.78 is 12.7. The Labute approximate surface area is 153 Å². The Morgan fingerprint density at radius 3 is 2.58 bits per heavy atom. The second-order valence-electron chi connectivity index (χ2n) is 6.22. The van der Waals surface area contributed by atoms with Crippen LogP contribution in [0.1, 0.15) is 33.7 Å². The Morgan fingerprint density at radius 2 is 2.08 bits per heavy atom. The fourth-order valence-electron chi connectivity index (χ4n) is 2.87. The van der Waals surface area contributed by atoms with Crippen molar-refractivity contribution in [1.29, 1.82) is 0 Å². The van der Waals surface area contributed by atoms with Crippen molar-refractivity contribution in [2.45, 2.75) is 39.7 Å². The van der Waals surface area contributed by atoms with Crippen LogP contribution in [-0.4, -0.2) is 39.8 Å². The molecule has 6 nitrogen and oxygen atoms in total. The standard InChI is InChI=1S/C12H10FN3O.C7H13NO.H2/c1-8-2-3-10(16-7-17)4-11(8)12-14-5-9(13)6-15-12;1-6-4-3-5-8(6)7(2)9;/h2-7H,1H3,(H,16,17);6H,3-5H2,1-2H3;1H/t;6-;/m.1./s1. The zero-order valence-electron chi connectivity index (χ0n) is 15.2. The van der Waals surface area contributed by atoms with Crippen LogP contribution >= 0.6 is 0 Å². The van der Waals surface area contributed by atoms with E-state index in [0.717, 1.165) is 30.1 Å². The number of hydrogen-bond donors (Lipinski definition) is 1. The van der Waals surface area contributed by atoms with E-state index in [1.165, 1.54) is 12.8 Å². The first-order valence-electron chi connectivity index (χ1n) is 8.48. The normalized spacial score (nSPS) is 15.8. The number of aryl methyl sites for hydroxylation is 1. The van der Waals surface area contributed by atoms with Gasteiger partial charge in [-0.15, -0.1) is 0 Å². The summed E-state index contributed by atoms with van der Waals surface area (Å²) in [4.78, 5) is 30.9. The molecule has 0 aliphatic carbocycles. The van der Waals surface area contributed by atoms with Gasteiger partial charge in [0.25, 0.3) is 0 Å². The maximum Gasteiger partial charge on any atom is 0.219 e. The third-order valence-electron chi connectivity index (χ3n) is 4.28. The first-order valence-corrected chi connectivity index (χ1v) is 8.48. The van der Waals surface area contributed by atoms with Gasteiger partial charge in [-0.3, -0.25) is 9.59 Å². The summed E-state index contributed by atoms with van der Waals surface area (Å²) in [6, 6.07) is 5.85. The number of rotatable bonds is 3. The molecular formula is C19H25FN4O2. The molecule has 2 heterocycles. The van der Waals surface area contributed by atoms with Gasteiger partial charge in [-0.05, 0) is 44.4 Å². The van der Waals surface area contributed by atoms with Crippen LogP contribution in [0.3, 0.4) is 0 Å². The van der Waals surface area contributed by atoms with E-state index in [9.17, 15) is 14.0 Å². The highest BCUT2D eigenvalue weighted by atomic mass is 19.1. The lowest BCUT2D eigenvalue weighted by Gasteiger charge is -2.18. The molecule has 1 aromatic heterocycles. The second-order valence-corrected chi connectivity index (χ2v) is 6.22. The number of carbonyl (C=O) groups is 2. The third kappa shape index (κ3) is 5.08. The molecule has 1 fully saturated rings. The predicted octanol–water partition coefficient (Wildman–Crippen LogP) is 3.42. The summed E-state index contributed by atoms with van der Waals surface area (Å²) in [5.41, 5.74) is 2.36. The molecule has 1 N–H and O–H groups in total. The van der Waals surface area contributed by atoms with Crippen molar-refractivity contribution in [3.63, 3.8) is 0 Å². The van der Waals surface area contributed by atoms with Gasteiger partial charge >= 0.3 is 0 Å². The molecule has 2 aromatic rings. The lowest BCUT2D eigenvalue weighted by atomic mass is 10.1. The molecule has 3 rings (SSSR count). The number of anilines is 1. The molecule has 26 heavy (non-hydrogen) atoms. The Bertz CT molecular complexity index is 771. The molecule has 0 saturated carbocycles. The van der Waals surface area contributed by atoms with Crippen molar-refractivity contribution in [3.05, 3.63) is 42.0 Å². The number of benzene rings is 1. The minimum Gasteiger partial charge on any atom is -0.340 e. The van der Waals surface area contributed by atoms with Crippen molar-refractivity contribution in [2.75, 3.05) is 11.9 Å². The minimum atomic E-state index is -0.478. The summed E-state index contributed by atoms with van der Waals surface area (Å²) in [6.07, 6.45) is 5.18. The number of hydrogen-bond acceptors (Lipinski definition) is 4. The zero-order chi connectivity index (χ0) is 19.1. The fraction of sp³-hybridized carbons (Fsp3) is 0.368. The molecule has 1 atom stereocenters. The first kappa shape index (κ1) is 19.5. The van der Waals surface area contributed by atoms with E-state index in [1.807, 2.05) is 17.9 Å². The number of carbonyl (C=O) groups excluding carboxylic acids is 2. The van der Waals surface area contributed by atoms with E-state index in [1.54, 1.807) is 19.1 Å². The van der Waals surface area contributed by atoms with Gasteiger partial charge in [0.05, 0.1) is 12.4 Å². The van der Waals surface area contributed by atoms with Gasteiger partial charge in [0.1, 0.15) is 0 Å². The van der Waals surface area contributed by atoms with Gasteiger partial charge < -0.3 is 10.2 Å². The number of nitrogens with one attached hydrogen (secondary N) is 1. The number of nitrogens with zero attached hydrogens (tertiary/aromatic N) is 3. The summed E-state index contributed by atoms with van der Waals surface area (Å²) in [6.45, 7) is 6.61. The Morgan fingerprint density at radius 1 is 1.38 bits per heavy atom. The molecule has 0 bridgehead atoms. The van der Waals surface area contributed by atoms with Crippen LogP contribution in [0.15, 0.2) is 30.6 Å². The van der Waals surface area contributed by atoms with Gasteiger partial charge in [0, 0.05) is 32.2 Å². The van der Waals surface area contributed by atoms with Gasteiger partial charge in [0.15, 0.2) is 11.6 Å². The predicted molar refractivity (Wildman–Crippen MR) is 100 cm³/mol. The Balaban J connectivity index is 0.000000310. The van der Waals surface area contributed by atoms with E-state index >= 15 is 0 Å². The van der Waals surface area contributed by atoms with Crippen LogP contribution in [-0.2, 0) is 9.59 Å². The van der Waals surface area contributed by atoms with Crippen LogP contribution in [0.4, 0.5) is 10.1 Å². The van der Waals surface area contributed by atoms with Crippen molar-refractivity contribution in [1.82, 2.24) is 14.9 Å². The molecule has 2 amide bonds. The highest BCUT2D eigenvalue weighted by Gasteiger charge is 2.21. The monoisotopic (exact) mass is 360 g/mol. The van der Waals surface area contributed by atoms with Crippen molar-refractivity contribution >= 4 is 18.0 Å². The van der Waals surface area contributed by atoms with Crippen molar-refractivity contribution < 1.29 is 15.4 Å². The number of likely N-dealkylation sites (tertiary alicyclic amines) is 1. The van der Waals surface area contributed by atoms with E-state index in [-0.39, 0.29) is 7.33 Å². The molecule has 1 aliphatic rings. The van der Waals surface area contributed by atoms with Crippen molar-refractivity contribution in [2.24, 2.45) is 0 Å². The quantitative estimate of drug-likeness (QED) is 0.851. The number of amides is 2. The lowest BCUT2D eigenvalue weighted by Crippen LogP contribution is -2.31. The fourth-order valence-corrected chi connectivity index (χ4v) is 2.87. The van der Waals surface area contributed by atoms with E-state index < -0.39 is 5.82 Å². The number of halogens is 1. The molecule has 1 aromatic carbocycles. The topological polar surface area (TPSA) is 75.2 Å². The molecule has 0 unspecified atom stereocenters. The molecule has 1 saturated heterocycles. The molecule has 0 spiro atoms. The highest BCUT2D eigenvalue weighted by Crippen LogP contribution is 2.23. The molecule has 1 aliphatic heterocycles. The molecular weight excluding hydrogens is 335 g/mol. The first-order chi connectivity index (χ1) is 12.4. The minimum absolute atomic E-state index is 0. The molecule has 140 valence electrons. The van der Waals surface area contributed by atoms with E-state index in [2.05, 4.69) is 22.2 Å². The summed E-state index contributed by atoms with van der Waals surface area (Å²) >= 11 is 0. The molecule has 0 radical (unpaired) electrons. The largest absolute Gasteiger partial charge is 0.340 e. The molecule has 7 heteroatoms. The van der Waals surface area contributed by atoms with Gasteiger partial charge in [-0.2, -0.15) is 0 Å². The van der Waals surface area contributed by atoms with E-state index in [4.69, 9.17) is 0 Å². The Hall–Kier alpha value is -2.83. The van der Waals surface area contributed by atoms with Crippen LogP contribution in [0.25, 0.3) is 11.4 Å². The van der Waals surface area contributed by atoms with Crippen LogP contribution < -0.4 is 5.32 Å². The average Bonchev–Trinajstić information content (AvgIpc) is 3.05. The zero-order valence-corrected chi connectivity index (χ0v) is 15.2. The summed E-state index contributed by atoms with van der Waals surface area (Å²) in [5.74, 6) is 0.173. The van der Waals surface area contributed by atoms with Crippen LogP contribution in [0.5, 0.6) is 0 Å². The van der Waals surface area contributed by atoms with Gasteiger partial charge in [-0.25, -0.2) is 14.4 Å². The van der Waals surface area contributed by atoms with Crippen LogP contribution in [0, 0.1) is 12.7 Å². The number of aromatic nitrogens is 2. The third-order valence-corrected chi connectivity index (χ3v) is 4.28. The van der Waals surface area contributed by atoms with E-state index in [0.29, 0.717) is 24.0 Å². The van der Waals surface area contributed by atoms with Gasteiger partial charge in [-0.1, -0.05) is 6.07 Å².